The molecule has 0 spiro atoms. The van der Waals surface area contributed by atoms with Crippen LogP contribution in [0.5, 0.6) is 0 Å². The number of para-hydroxylation sites is 1. The minimum absolute atomic E-state index is 0.145. The Labute approximate surface area is 115 Å². The summed E-state index contributed by atoms with van der Waals surface area (Å²) in [6, 6.07) is 7.86. The lowest BCUT2D eigenvalue weighted by Crippen LogP contribution is -2.21. The number of hydrogen-bond acceptors (Lipinski definition) is 5. The van der Waals surface area contributed by atoms with E-state index in [1.807, 2.05) is 24.3 Å². The number of hydrogen-bond donors (Lipinski definition) is 0. The van der Waals surface area contributed by atoms with Gasteiger partial charge in [-0.15, -0.1) is 11.3 Å². The number of aryl methyl sites for hydroxylation is 1. The number of esters is 1. The van der Waals surface area contributed by atoms with Crippen LogP contribution in [0.15, 0.2) is 24.3 Å². The summed E-state index contributed by atoms with van der Waals surface area (Å²) in [5.74, 6) is -0.504. The van der Waals surface area contributed by atoms with Crippen LogP contribution in [0.2, 0.25) is 0 Å². The number of thiazole rings is 1. The lowest BCUT2D eigenvalue weighted by molar-refractivity contribution is -0.153. The highest BCUT2D eigenvalue weighted by Crippen LogP contribution is 2.22. The lowest BCUT2D eigenvalue weighted by atomic mass is 10.3. The van der Waals surface area contributed by atoms with Gasteiger partial charge in [0.05, 0.1) is 21.6 Å². The zero-order chi connectivity index (χ0) is 13.8. The molecular weight excluding hydrogens is 262 g/mol. The van der Waals surface area contributed by atoms with Crippen molar-refractivity contribution in [2.75, 3.05) is 0 Å². The minimum Gasteiger partial charge on any atom is -0.455 e. The molecule has 2 aromatic rings. The van der Waals surface area contributed by atoms with Crippen molar-refractivity contribution >= 4 is 33.3 Å². The molecule has 100 valence electrons. The van der Waals surface area contributed by atoms with E-state index in [1.165, 1.54) is 6.92 Å². The van der Waals surface area contributed by atoms with Gasteiger partial charge in [-0.05, 0) is 26.0 Å². The van der Waals surface area contributed by atoms with Crippen LogP contribution in [0.1, 0.15) is 25.3 Å². The molecule has 0 aliphatic rings. The molecule has 1 aromatic heterocycles. The number of ether oxygens (including phenoxy) is 1. The molecule has 0 saturated carbocycles. The van der Waals surface area contributed by atoms with Gasteiger partial charge < -0.3 is 4.74 Å². The Hall–Kier alpha value is -1.75. The number of Topliss-reactive ketones (excluding diaryl/α,β-unsaturated/α-hetero) is 1. The standard InChI is InChI=1S/C14H15NO3S/c1-9(16)10(2)18-14(17)8-7-13-15-11-5-3-4-6-12(11)19-13/h3-6,10H,7-8H2,1-2H3/t10-/m0/s1. The molecule has 0 fully saturated rings. The maximum Gasteiger partial charge on any atom is 0.306 e. The van der Waals surface area contributed by atoms with Crippen molar-refractivity contribution in [3.05, 3.63) is 29.3 Å². The molecular formula is C14H15NO3S. The highest BCUT2D eigenvalue weighted by molar-refractivity contribution is 7.18. The van der Waals surface area contributed by atoms with Gasteiger partial charge in [0.2, 0.25) is 0 Å². The van der Waals surface area contributed by atoms with Gasteiger partial charge in [0.25, 0.3) is 0 Å². The van der Waals surface area contributed by atoms with E-state index in [0.29, 0.717) is 6.42 Å². The second kappa shape index (κ2) is 5.93. The van der Waals surface area contributed by atoms with Crippen LogP contribution < -0.4 is 0 Å². The zero-order valence-electron chi connectivity index (χ0n) is 10.9. The molecule has 0 N–H and O–H groups in total. The summed E-state index contributed by atoms with van der Waals surface area (Å²) in [5.41, 5.74) is 0.952. The third-order valence-electron chi connectivity index (χ3n) is 2.76. The van der Waals surface area contributed by atoms with Crippen molar-refractivity contribution in [1.29, 1.82) is 0 Å². The van der Waals surface area contributed by atoms with Gasteiger partial charge in [0.15, 0.2) is 11.9 Å². The Morgan fingerprint density at radius 3 is 2.79 bits per heavy atom. The van der Waals surface area contributed by atoms with Crippen LogP contribution in [-0.4, -0.2) is 22.8 Å². The molecule has 4 nitrogen and oxygen atoms in total. The first-order valence-corrected chi connectivity index (χ1v) is 6.92. The Kier molecular flexibility index (Phi) is 4.27. The van der Waals surface area contributed by atoms with Crippen molar-refractivity contribution in [3.63, 3.8) is 0 Å². The van der Waals surface area contributed by atoms with Gasteiger partial charge in [-0.1, -0.05) is 12.1 Å². The largest absolute Gasteiger partial charge is 0.455 e. The van der Waals surface area contributed by atoms with E-state index in [0.717, 1.165) is 15.2 Å². The maximum atomic E-state index is 11.5. The average molecular weight is 277 g/mol. The van der Waals surface area contributed by atoms with E-state index in [2.05, 4.69) is 4.98 Å². The highest BCUT2D eigenvalue weighted by Gasteiger charge is 2.14. The predicted octanol–water partition coefficient (Wildman–Crippen LogP) is 2.75. The summed E-state index contributed by atoms with van der Waals surface area (Å²) in [5, 5.41) is 0.911. The molecule has 5 heteroatoms. The second-order valence-corrected chi connectivity index (χ2v) is 5.43. The van der Waals surface area contributed by atoms with E-state index in [9.17, 15) is 9.59 Å². The van der Waals surface area contributed by atoms with Crippen molar-refractivity contribution < 1.29 is 14.3 Å². The van der Waals surface area contributed by atoms with E-state index in [-0.39, 0.29) is 18.2 Å². The van der Waals surface area contributed by atoms with Crippen LogP contribution in [-0.2, 0) is 20.7 Å². The third-order valence-corrected chi connectivity index (χ3v) is 3.86. The molecule has 0 aliphatic heterocycles. The van der Waals surface area contributed by atoms with Crippen molar-refractivity contribution in [2.45, 2.75) is 32.8 Å². The van der Waals surface area contributed by atoms with Gasteiger partial charge in [-0.2, -0.15) is 0 Å². The fraction of sp³-hybridized carbons (Fsp3) is 0.357. The minimum atomic E-state index is -0.664. The second-order valence-electron chi connectivity index (χ2n) is 4.32. The summed E-state index contributed by atoms with van der Waals surface area (Å²) < 4.78 is 6.11. The van der Waals surface area contributed by atoms with E-state index >= 15 is 0 Å². The SMILES string of the molecule is CC(=O)[C@H](C)OC(=O)CCc1nc2ccccc2s1. The predicted molar refractivity (Wildman–Crippen MR) is 74.2 cm³/mol. The maximum absolute atomic E-state index is 11.5. The van der Waals surface area contributed by atoms with Crippen LogP contribution in [0, 0.1) is 0 Å². The molecule has 0 amide bonds. The first kappa shape index (κ1) is 13.7. The van der Waals surface area contributed by atoms with Gasteiger partial charge >= 0.3 is 5.97 Å². The normalized spacial score (nSPS) is 12.3. The van der Waals surface area contributed by atoms with Gasteiger partial charge in [-0.3, -0.25) is 9.59 Å². The number of fused-ring (bicyclic) bond motifs is 1. The average Bonchev–Trinajstić information content (AvgIpc) is 2.78. The third kappa shape index (κ3) is 3.61. The Morgan fingerprint density at radius 1 is 1.37 bits per heavy atom. The smallest absolute Gasteiger partial charge is 0.306 e. The Bertz CT molecular complexity index is 573. The van der Waals surface area contributed by atoms with Crippen LogP contribution in [0.25, 0.3) is 10.2 Å². The molecule has 0 saturated heterocycles. The van der Waals surface area contributed by atoms with Crippen molar-refractivity contribution in [2.24, 2.45) is 0 Å². The number of ketones is 1. The van der Waals surface area contributed by atoms with Gasteiger partial charge in [-0.25, -0.2) is 4.98 Å². The fourth-order valence-electron chi connectivity index (χ4n) is 1.57. The molecule has 0 radical (unpaired) electrons. The summed E-state index contributed by atoms with van der Waals surface area (Å²) in [4.78, 5) is 27.0. The number of aromatic nitrogens is 1. The molecule has 1 heterocycles. The van der Waals surface area contributed by atoms with Crippen molar-refractivity contribution in [3.8, 4) is 0 Å². The monoisotopic (exact) mass is 277 g/mol. The Balaban J connectivity index is 1.91. The molecule has 1 atom stereocenters. The number of rotatable bonds is 5. The molecule has 1 aromatic carbocycles. The van der Waals surface area contributed by atoms with Gasteiger partial charge in [0, 0.05) is 6.42 Å². The highest BCUT2D eigenvalue weighted by atomic mass is 32.1. The lowest BCUT2D eigenvalue weighted by Gasteiger charge is -2.08. The summed E-state index contributed by atoms with van der Waals surface area (Å²) in [6.07, 6.45) is 0.128. The summed E-state index contributed by atoms with van der Waals surface area (Å²) in [7, 11) is 0. The van der Waals surface area contributed by atoms with E-state index in [4.69, 9.17) is 4.74 Å². The topological polar surface area (TPSA) is 56.3 Å². The van der Waals surface area contributed by atoms with Crippen LogP contribution >= 0.6 is 11.3 Å². The number of nitrogens with zero attached hydrogens (tertiary/aromatic N) is 1. The van der Waals surface area contributed by atoms with E-state index in [1.54, 1.807) is 18.3 Å². The van der Waals surface area contributed by atoms with E-state index < -0.39 is 6.10 Å². The quantitative estimate of drug-likeness (QED) is 0.789. The number of benzene rings is 1. The summed E-state index contributed by atoms with van der Waals surface area (Å²) >= 11 is 1.58. The molecule has 19 heavy (non-hydrogen) atoms. The molecule has 0 aliphatic carbocycles. The molecule has 0 bridgehead atoms. The first-order valence-electron chi connectivity index (χ1n) is 6.10. The zero-order valence-corrected chi connectivity index (χ0v) is 11.7. The van der Waals surface area contributed by atoms with Crippen LogP contribution in [0.4, 0.5) is 0 Å². The molecule has 0 unspecified atom stereocenters. The van der Waals surface area contributed by atoms with Crippen LogP contribution in [0.3, 0.4) is 0 Å². The van der Waals surface area contributed by atoms with Crippen molar-refractivity contribution in [1.82, 2.24) is 4.98 Å². The summed E-state index contributed by atoms with van der Waals surface area (Å²) in [6.45, 7) is 2.99. The van der Waals surface area contributed by atoms with Gasteiger partial charge in [0.1, 0.15) is 0 Å². The fourth-order valence-corrected chi connectivity index (χ4v) is 2.54. The number of carbonyl (C=O) groups excluding carboxylic acids is 2. The number of carbonyl (C=O) groups is 2. The Morgan fingerprint density at radius 2 is 2.11 bits per heavy atom. The molecule has 2 rings (SSSR count). The first-order chi connectivity index (χ1) is 9.06.